The van der Waals surface area contributed by atoms with Gasteiger partial charge in [-0.05, 0) is 42.5 Å². The fourth-order valence-corrected chi connectivity index (χ4v) is 2.89. The Hall–Kier alpha value is -1.39. The lowest BCUT2D eigenvalue weighted by Crippen LogP contribution is -2.24. The fourth-order valence-electron chi connectivity index (χ4n) is 2.19. The van der Waals surface area contributed by atoms with Crippen molar-refractivity contribution >= 4 is 17.2 Å². The molecule has 0 aliphatic carbocycles. The summed E-state index contributed by atoms with van der Waals surface area (Å²) < 4.78 is 0. The number of hydrogen-bond acceptors (Lipinski definition) is 4. The molecule has 0 aliphatic rings. The Morgan fingerprint density at radius 3 is 2.81 bits per heavy atom. The highest BCUT2D eigenvalue weighted by Gasteiger charge is 2.07. The van der Waals surface area contributed by atoms with E-state index in [1.54, 1.807) is 0 Å². The number of anilines is 1. The van der Waals surface area contributed by atoms with Crippen molar-refractivity contribution in [1.29, 1.82) is 0 Å². The molecule has 21 heavy (non-hydrogen) atoms. The molecule has 0 atom stereocenters. The van der Waals surface area contributed by atoms with Crippen LogP contribution in [0.5, 0.6) is 0 Å². The number of thiophene rings is 1. The molecule has 0 amide bonds. The summed E-state index contributed by atoms with van der Waals surface area (Å²) in [5.41, 5.74) is 2.38. The Morgan fingerprint density at radius 2 is 2.14 bits per heavy atom. The van der Waals surface area contributed by atoms with Gasteiger partial charge in [0.05, 0.1) is 0 Å². The highest BCUT2D eigenvalue weighted by atomic mass is 32.1. The van der Waals surface area contributed by atoms with Crippen molar-refractivity contribution in [3.63, 3.8) is 0 Å². The first-order chi connectivity index (χ1) is 10.0. The second-order valence-electron chi connectivity index (χ2n) is 5.76. The van der Waals surface area contributed by atoms with Gasteiger partial charge in [0.1, 0.15) is 5.82 Å². The van der Waals surface area contributed by atoms with Crippen LogP contribution in [0, 0.1) is 6.92 Å². The number of aryl methyl sites for hydroxylation is 1. The smallest absolute Gasteiger partial charge is 0.128 e. The summed E-state index contributed by atoms with van der Waals surface area (Å²) in [6.07, 6.45) is 1.07. The van der Waals surface area contributed by atoms with Crippen LogP contribution in [0.25, 0.3) is 0 Å². The van der Waals surface area contributed by atoms with Gasteiger partial charge in [0.25, 0.3) is 0 Å². The van der Waals surface area contributed by atoms with Gasteiger partial charge in [0.15, 0.2) is 0 Å². The fraction of sp³-hybridized carbons (Fsp3) is 0.471. The van der Waals surface area contributed by atoms with E-state index in [4.69, 9.17) is 0 Å². The number of aromatic nitrogens is 1. The van der Waals surface area contributed by atoms with Gasteiger partial charge in [0, 0.05) is 36.8 Å². The van der Waals surface area contributed by atoms with Crippen LogP contribution >= 0.6 is 11.3 Å². The summed E-state index contributed by atoms with van der Waals surface area (Å²) in [4.78, 5) is 8.33. The molecule has 0 saturated carbocycles. The highest BCUT2D eigenvalue weighted by molar-refractivity contribution is 7.09. The third-order valence-electron chi connectivity index (χ3n) is 3.38. The third-order valence-corrected chi connectivity index (χ3v) is 4.32. The van der Waals surface area contributed by atoms with Crippen molar-refractivity contribution < 1.29 is 0 Å². The minimum Gasteiger partial charge on any atom is -0.359 e. The largest absolute Gasteiger partial charge is 0.359 e. The molecule has 0 bridgehead atoms. The maximum absolute atomic E-state index is 4.66. The predicted octanol–water partition coefficient (Wildman–Crippen LogP) is 3.63. The molecule has 2 aromatic heterocycles. The summed E-state index contributed by atoms with van der Waals surface area (Å²) in [5.74, 6) is 1.06. The lowest BCUT2D eigenvalue weighted by Gasteiger charge is -2.19. The molecule has 2 heterocycles. The van der Waals surface area contributed by atoms with Gasteiger partial charge in [0.2, 0.25) is 0 Å². The molecule has 0 spiro atoms. The molecule has 0 saturated heterocycles. The van der Waals surface area contributed by atoms with E-state index in [2.05, 4.69) is 72.7 Å². The van der Waals surface area contributed by atoms with Crippen LogP contribution in [0.4, 0.5) is 5.82 Å². The Bertz CT molecular complexity index is 549. The predicted molar refractivity (Wildman–Crippen MR) is 92.2 cm³/mol. The molecular formula is C17H25N3S. The van der Waals surface area contributed by atoms with E-state index >= 15 is 0 Å². The zero-order chi connectivity index (χ0) is 15.2. The zero-order valence-corrected chi connectivity index (χ0v) is 14.2. The van der Waals surface area contributed by atoms with Crippen molar-refractivity contribution in [2.24, 2.45) is 0 Å². The average Bonchev–Trinajstić information content (AvgIpc) is 2.95. The van der Waals surface area contributed by atoms with Crippen molar-refractivity contribution in [3.8, 4) is 0 Å². The van der Waals surface area contributed by atoms with Gasteiger partial charge < -0.3 is 10.2 Å². The second kappa shape index (κ2) is 7.57. The quantitative estimate of drug-likeness (QED) is 0.846. The SMILES string of the molecule is Cc1cc(CNC(C)C)cc(N(C)CCc2cccs2)n1. The molecule has 2 rings (SSSR count). The molecule has 0 aromatic carbocycles. The van der Waals surface area contributed by atoms with Crippen molar-refractivity contribution in [2.45, 2.75) is 39.8 Å². The molecule has 0 aliphatic heterocycles. The molecule has 1 N–H and O–H groups in total. The van der Waals surface area contributed by atoms with E-state index in [1.807, 2.05) is 11.3 Å². The maximum atomic E-state index is 4.66. The van der Waals surface area contributed by atoms with Crippen LogP contribution < -0.4 is 10.2 Å². The Labute approximate surface area is 132 Å². The van der Waals surface area contributed by atoms with Crippen molar-refractivity contribution in [3.05, 3.63) is 45.8 Å². The summed E-state index contributed by atoms with van der Waals surface area (Å²) in [7, 11) is 2.12. The molecular weight excluding hydrogens is 278 g/mol. The molecule has 3 nitrogen and oxygen atoms in total. The number of nitrogens with zero attached hydrogens (tertiary/aromatic N) is 2. The summed E-state index contributed by atoms with van der Waals surface area (Å²) in [5, 5.41) is 5.60. The average molecular weight is 303 g/mol. The number of nitrogens with one attached hydrogen (secondary N) is 1. The molecule has 114 valence electrons. The van der Waals surface area contributed by atoms with Gasteiger partial charge in [-0.3, -0.25) is 0 Å². The standard InChI is InChI=1S/C17H25N3S/c1-13(2)18-12-15-10-14(3)19-17(11-15)20(4)8-7-16-6-5-9-21-16/h5-6,9-11,13,18H,7-8,12H2,1-4H3. The van der Waals surface area contributed by atoms with E-state index in [0.29, 0.717) is 6.04 Å². The second-order valence-corrected chi connectivity index (χ2v) is 6.79. The van der Waals surface area contributed by atoms with Crippen molar-refractivity contribution in [2.75, 3.05) is 18.5 Å². The molecule has 2 aromatic rings. The lowest BCUT2D eigenvalue weighted by atomic mass is 10.2. The topological polar surface area (TPSA) is 28.2 Å². The first-order valence-electron chi connectivity index (χ1n) is 7.49. The first kappa shape index (κ1) is 16.0. The van der Waals surface area contributed by atoms with Gasteiger partial charge >= 0.3 is 0 Å². The molecule has 0 unspecified atom stereocenters. The molecule has 4 heteroatoms. The maximum Gasteiger partial charge on any atom is 0.128 e. The van der Waals surface area contributed by atoms with Crippen LogP contribution in [0.1, 0.15) is 30.0 Å². The highest BCUT2D eigenvalue weighted by Crippen LogP contribution is 2.16. The van der Waals surface area contributed by atoms with E-state index in [9.17, 15) is 0 Å². The van der Waals surface area contributed by atoms with Gasteiger partial charge in [-0.25, -0.2) is 4.98 Å². The summed E-state index contributed by atoms with van der Waals surface area (Å²) in [6.45, 7) is 8.29. The van der Waals surface area contributed by atoms with Crippen LogP contribution in [0.15, 0.2) is 29.6 Å². The van der Waals surface area contributed by atoms with Gasteiger partial charge in [-0.15, -0.1) is 11.3 Å². The van der Waals surface area contributed by atoms with E-state index in [1.165, 1.54) is 10.4 Å². The van der Waals surface area contributed by atoms with Crippen LogP contribution in [-0.4, -0.2) is 24.6 Å². The molecule has 0 fully saturated rings. The van der Waals surface area contributed by atoms with E-state index < -0.39 is 0 Å². The van der Waals surface area contributed by atoms with Crippen molar-refractivity contribution in [1.82, 2.24) is 10.3 Å². The number of rotatable bonds is 7. The van der Waals surface area contributed by atoms with Crippen LogP contribution in [0.2, 0.25) is 0 Å². The van der Waals surface area contributed by atoms with Gasteiger partial charge in [-0.1, -0.05) is 19.9 Å². The Balaban J connectivity index is 2.00. The minimum absolute atomic E-state index is 0.499. The molecule has 0 radical (unpaired) electrons. The third kappa shape index (κ3) is 5.14. The summed E-state index contributed by atoms with van der Waals surface area (Å²) >= 11 is 1.82. The van der Waals surface area contributed by atoms with E-state index in [-0.39, 0.29) is 0 Å². The Morgan fingerprint density at radius 1 is 1.33 bits per heavy atom. The normalized spacial score (nSPS) is 11.1. The van der Waals surface area contributed by atoms with Crippen LogP contribution in [-0.2, 0) is 13.0 Å². The number of hydrogen-bond donors (Lipinski definition) is 1. The monoisotopic (exact) mass is 303 g/mol. The first-order valence-corrected chi connectivity index (χ1v) is 8.37. The summed E-state index contributed by atoms with van der Waals surface area (Å²) in [6, 6.07) is 9.15. The zero-order valence-electron chi connectivity index (χ0n) is 13.4. The Kier molecular flexibility index (Phi) is 5.76. The minimum atomic E-state index is 0.499. The van der Waals surface area contributed by atoms with Gasteiger partial charge in [-0.2, -0.15) is 0 Å². The number of pyridine rings is 1. The lowest BCUT2D eigenvalue weighted by molar-refractivity contribution is 0.588. The van der Waals surface area contributed by atoms with Crippen LogP contribution in [0.3, 0.4) is 0 Å². The number of likely N-dealkylation sites (N-methyl/N-ethyl adjacent to an activating group) is 1. The van der Waals surface area contributed by atoms with E-state index in [0.717, 1.165) is 31.0 Å².